The van der Waals surface area contributed by atoms with Gasteiger partial charge in [-0.1, -0.05) is 6.92 Å². The Hall–Kier alpha value is -3.54. The zero-order chi connectivity index (χ0) is 18.4. The molecule has 1 aliphatic carbocycles. The van der Waals surface area contributed by atoms with Gasteiger partial charge in [-0.25, -0.2) is 15.0 Å². The summed E-state index contributed by atoms with van der Waals surface area (Å²) in [5, 5.41) is 21.1. The molecule has 4 heterocycles. The van der Waals surface area contributed by atoms with E-state index in [1.807, 2.05) is 18.3 Å². The standard InChI is InChI=1S/C18H17N9/c1-10-4-11(24-15-8-21-12(6-19)7-22-15)5-13(10)18-26-25-16-9-23-17-14(27(16)18)2-3-20-17/h2-3,7-11,13,20H,4-5H2,1H3,(H,22,24)/t10-,11+,13+/m0/s1. The molecule has 27 heavy (non-hydrogen) atoms. The predicted octanol–water partition coefficient (Wildman–Crippen LogP) is 2.26. The van der Waals surface area contributed by atoms with Gasteiger partial charge in [-0.3, -0.25) is 4.40 Å². The molecule has 9 nitrogen and oxygen atoms in total. The maximum Gasteiger partial charge on any atom is 0.179 e. The van der Waals surface area contributed by atoms with Crippen LogP contribution in [-0.2, 0) is 0 Å². The quantitative estimate of drug-likeness (QED) is 0.575. The lowest BCUT2D eigenvalue weighted by Gasteiger charge is -2.14. The lowest BCUT2D eigenvalue weighted by Crippen LogP contribution is -2.17. The topological polar surface area (TPSA) is 120 Å². The molecule has 0 amide bonds. The van der Waals surface area contributed by atoms with Crippen LogP contribution < -0.4 is 5.32 Å². The first-order valence-corrected chi connectivity index (χ1v) is 8.88. The Labute approximate surface area is 154 Å². The van der Waals surface area contributed by atoms with Crippen LogP contribution in [0.25, 0.3) is 16.8 Å². The fraction of sp³-hybridized carbons (Fsp3) is 0.333. The van der Waals surface area contributed by atoms with Crippen LogP contribution in [0, 0.1) is 17.2 Å². The van der Waals surface area contributed by atoms with Crippen molar-refractivity contribution in [1.82, 2.24) is 34.5 Å². The normalized spacial score (nSPS) is 22.3. The highest BCUT2D eigenvalue weighted by Crippen LogP contribution is 2.40. The summed E-state index contributed by atoms with van der Waals surface area (Å²) in [5.74, 6) is 2.39. The molecule has 0 saturated heterocycles. The number of H-pyrrole nitrogens is 1. The van der Waals surface area contributed by atoms with Gasteiger partial charge in [-0.05, 0) is 24.8 Å². The van der Waals surface area contributed by atoms with Gasteiger partial charge in [-0.2, -0.15) is 5.26 Å². The molecular formula is C18H17N9. The molecule has 0 spiro atoms. The SMILES string of the molecule is C[C@H]1C[C@@H](Nc2cnc(C#N)cn2)C[C@H]1c1nnc2cnc3[nH]ccc3n12. The van der Waals surface area contributed by atoms with Gasteiger partial charge >= 0.3 is 0 Å². The van der Waals surface area contributed by atoms with E-state index in [1.54, 1.807) is 12.4 Å². The predicted molar refractivity (Wildman–Crippen MR) is 97.9 cm³/mol. The summed E-state index contributed by atoms with van der Waals surface area (Å²) in [4.78, 5) is 15.9. The molecule has 1 aliphatic rings. The number of nitrogens with zero attached hydrogens (tertiary/aromatic N) is 7. The first kappa shape index (κ1) is 15.7. The zero-order valence-corrected chi connectivity index (χ0v) is 14.7. The van der Waals surface area contributed by atoms with Crippen molar-refractivity contribution in [2.75, 3.05) is 5.32 Å². The molecule has 134 valence electrons. The number of aromatic amines is 1. The van der Waals surface area contributed by atoms with Crippen molar-refractivity contribution < 1.29 is 0 Å². The van der Waals surface area contributed by atoms with Crippen LogP contribution in [0.5, 0.6) is 0 Å². The number of aromatic nitrogens is 7. The highest BCUT2D eigenvalue weighted by Gasteiger charge is 2.35. The Morgan fingerprint density at radius 3 is 2.93 bits per heavy atom. The van der Waals surface area contributed by atoms with E-state index in [0.29, 0.717) is 17.4 Å². The Morgan fingerprint density at radius 2 is 2.11 bits per heavy atom. The number of rotatable bonds is 3. The van der Waals surface area contributed by atoms with Gasteiger partial charge in [-0.15, -0.1) is 10.2 Å². The average Bonchev–Trinajstić information content (AvgIpc) is 3.39. The molecule has 0 unspecified atom stereocenters. The lowest BCUT2D eigenvalue weighted by molar-refractivity contribution is 0.507. The van der Waals surface area contributed by atoms with E-state index in [1.165, 1.54) is 6.20 Å². The molecule has 0 aromatic carbocycles. The third kappa shape index (κ3) is 2.57. The first-order chi connectivity index (χ1) is 13.2. The van der Waals surface area contributed by atoms with E-state index >= 15 is 0 Å². The molecule has 0 bridgehead atoms. The monoisotopic (exact) mass is 359 g/mol. The second kappa shape index (κ2) is 6.02. The first-order valence-electron chi connectivity index (χ1n) is 8.88. The van der Waals surface area contributed by atoms with Crippen LogP contribution in [0.1, 0.15) is 37.2 Å². The summed E-state index contributed by atoms with van der Waals surface area (Å²) >= 11 is 0. The van der Waals surface area contributed by atoms with Crippen molar-refractivity contribution in [1.29, 1.82) is 5.26 Å². The van der Waals surface area contributed by atoms with Gasteiger partial charge in [0.05, 0.1) is 24.1 Å². The Kier molecular flexibility index (Phi) is 3.50. The minimum Gasteiger partial charge on any atom is -0.366 e. The fourth-order valence-electron chi connectivity index (χ4n) is 4.03. The molecule has 9 heteroatoms. The minimum atomic E-state index is 0.267. The number of hydrogen-bond donors (Lipinski definition) is 2. The Balaban J connectivity index is 1.43. The van der Waals surface area contributed by atoms with E-state index in [0.717, 1.165) is 35.5 Å². The number of fused-ring (bicyclic) bond motifs is 3. The summed E-state index contributed by atoms with van der Waals surface area (Å²) in [6.07, 6.45) is 8.66. The molecule has 0 aliphatic heterocycles. The maximum absolute atomic E-state index is 8.84. The van der Waals surface area contributed by atoms with Crippen molar-refractivity contribution >= 4 is 22.6 Å². The average molecular weight is 359 g/mol. The van der Waals surface area contributed by atoms with Crippen molar-refractivity contribution in [2.45, 2.75) is 31.7 Å². The third-order valence-electron chi connectivity index (χ3n) is 5.30. The second-order valence-electron chi connectivity index (χ2n) is 7.02. The lowest BCUT2D eigenvalue weighted by atomic mass is 9.97. The van der Waals surface area contributed by atoms with Gasteiger partial charge in [0.1, 0.15) is 17.7 Å². The van der Waals surface area contributed by atoms with E-state index in [4.69, 9.17) is 5.26 Å². The number of nitriles is 1. The van der Waals surface area contributed by atoms with Crippen LogP contribution in [0.3, 0.4) is 0 Å². The molecule has 4 aromatic rings. The maximum atomic E-state index is 8.84. The molecule has 5 rings (SSSR count). The Morgan fingerprint density at radius 1 is 1.19 bits per heavy atom. The zero-order valence-electron chi connectivity index (χ0n) is 14.7. The van der Waals surface area contributed by atoms with Crippen molar-refractivity contribution in [3.05, 3.63) is 42.4 Å². The number of anilines is 1. The van der Waals surface area contributed by atoms with Crippen LogP contribution in [0.15, 0.2) is 30.9 Å². The molecule has 0 radical (unpaired) electrons. The van der Waals surface area contributed by atoms with Crippen LogP contribution in [0.4, 0.5) is 5.82 Å². The number of nitrogens with one attached hydrogen (secondary N) is 2. The molecule has 2 N–H and O–H groups in total. The van der Waals surface area contributed by atoms with Crippen molar-refractivity contribution in [3.63, 3.8) is 0 Å². The summed E-state index contributed by atoms with van der Waals surface area (Å²) in [5.41, 5.74) is 2.90. The van der Waals surface area contributed by atoms with Crippen LogP contribution in [0.2, 0.25) is 0 Å². The Bertz CT molecular complexity index is 1150. The molecule has 1 fully saturated rings. The molecule has 1 saturated carbocycles. The summed E-state index contributed by atoms with van der Waals surface area (Å²) < 4.78 is 2.10. The summed E-state index contributed by atoms with van der Waals surface area (Å²) in [7, 11) is 0. The highest BCUT2D eigenvalue weighted by atomic mass is 15.3. The van der Waals surface area contributed by atoms with Crippen LogP contribution in [-0.4, -0.2) is 40.6 Å². The van der Waals surface area contributed by atoms with E-state index < -0.39 is 0 Å². The molecule has 4 aromatic heterocycles. The van der Waals surface area contributed by atoms with Gasteiger partial charge in [0.2, 0.25) is 0 Å². The highest BCUT2D eigenvalue weighted by molar-refractivity contribution is 5.74. The van der Waals surface area contributed by atoms with Gasteiger partial charge in [0.25, 0.3) is 0 Å². The summed E-state index contributed by atoms with van der Waals surface area (Å²) in [6.45, 7) is 2.24. The fourth-order valence-corrected chi connectivity index (χ4v) is 4.03. The second-order valence-corrected chi connectivity index (χ2v) is 7.02. The van der Waals surface area contributed by atoms with Crippen molar-refractivity contribution in [3.8, 4) is 6.07 Å². The largest absolute Gasteiger partial charge is 0.366 e. The third-order valence-corrected chi connectivity index (χ3v) is 5.30. The van der Waals surface area contributed by atoms with Gasteiger partial charge < -0.3 is 10.3 Å². The van der Waals surface area contributed by atoms with Gasteiger partial charge in [0, 0.05) is 18.2 Å². The summed E-state index contributed by atoms with van der Waals surface area (Å²) in [6, 6.07) is 4.25. The molecular weight excluding hydrogens is 342 g/mol. The van der Waals surface area contributed by atoms with Gasteiger partial charge in [0.15, 0.2) is 17.0 Å². The minimum absolute atomic E-state index is 0.267. The van der Waals surface area contributed by atoms with Crippen molar-refractivity contribution in [2.24, 2.45) is 5.92 Å². The van der Waals surface area contributed by atoms with E-state index in [-0.39, 0.29) is 12.0 Å². The number of hydrogen-bond acceptors (Lipinski definition) is 7. The smallest absolute Gasteiger partial charge is 0.179 e. The molecule has 3 atom stereocenters. The van der Waals surface area contributed by atoms with E-state index in [2.05, 4.69) is 46.8 Å². The van der Waals surface area contributed by atoms with E-state index in [9.17, 15) is 0 Å². The van der Waals surface area contributed by atoms with Crippen LogP contribution >= 0.6 is 0 Å².